The van der Waals surface area contributed by atoms with Crippen LogP contribution in [-0.2, 0) is 32.3 Å². The van der Waals surface area contributed by atoms with Gasteiger partial charge in [0.05, 0.1) is 34.9 Å². The van der Waals surface area contributed by atoms with Crippen LogP contribution in [0.5, 0.6) is 0 Å². The van der Waals surface area contributed by atoms with Gasteiger partial charge < -0.3 is 14.4 Å². The summed E-state index contributed by atoms with van der Waals surface area (Å²) in [6, 6.07) is 8.11. The van der Waals surface area contributed by atoms with Crippen LogP contribution in [0.4, 0.5) is 18.9 Å². The van der Waals surface area contributed by atoms with Crippen LogP contribution < -0.4 is 10.0 Å². The fourth-order valence-corrected chi connectivity index (χ4v) is 3.49. The lowest BCUT2D eigenvalue weighted by Gasteiger charge is -2.30. The molecule has 0 amide bonds. The molecule has 2 aromatic rings. The van der Waals surface area contributed by atoms with E-state index in [2.05, 4.69) is 0 Å². The molecule has 11 heteroatoms. The molecule has 2 aromatic carbocycles. The van der Waals surface area contributed by atoms with Gasteiger partial charge >= 0.3 is 12.1 Å². The van der Waals surface area contributed by atoms with E-state index in [0.29, 0.717) is 37.6 Å². The van der Waals surface area contributed by atoms with Gasteiger partial charge in [0.25, 0.3) is 0 Å². The van der Waals surface area contributed by atoms with Crippen LogP contribution in [0, 0.1) is 0 Å². The zero-order chi connectivity index (χ0) is 21.9. The SMILES string of the molecule is NS(=O)(=O)c1ccc(N2CCOCC2)c(C(=O)OCc2ccc(C(F)(F)F)cc2)c1. The molecule has 3 rings (SSSR count). The lowest BCUT2D eigenvalue weighted by Crippen LogP contribution is -2.37. The molecule has 0 bridgehead atoms. The van der Waals surface area contributed by atoms with Crippen LogP contribution in [0.3, 0.4) is 0 Å². The number of benzene rings is 2. The summed E-state index contributed by atoms with van der Waals surface area (Å²) in [6.07, 6.45) is -4.46. The Morgan fingerprint density at radius 2 is 1.73 bits per heavy atom. The van der Waals surface area contributed by atoms with Crippen molar-refractivity contribution in [3.63, 3.8) is 0 Å². The van der Waals surface area contributed by atoms with Crippen LogP contribution in [0.2, 0.25) is 0 Å². The second-order valence-corrected chi connectivity index (χ2v) is 8.16. The monoisotopic (exact) mass is 444 g/mol. The number of nitrogens with two attached hydrogens (primary N) is 1. The van der Waals surface area contributed by atoms with Gasteiger partial charge in [0.2, 0.25) is 10.0 Å². The van der Waals surface area contributed by atoms with E-state index in [1.54, 1.807) is 0 Å². The van der Waals surface area contributed by atoms with E-state index in [9.17, 15) is 26.4 Å². The molecule has 0 spiro atoms. The molecule has 0 aromatic heterocycles. The van der Waals surface area contributed by atoms with Crippen molar-refractivity contribution < 1.29 is 35.9 Å². The predicted molar refractivity (Wildman–Crippen MR) is 101 cm³/mol. The Hall–Kier alpha value is -2.63. The van der Waals surface area contributed by atoms with Gasteiger partial charge in [-0.05, 0) is 35.9 Å². The minimum Gasteiger partial charge on any atom is -0.457 e. The Kier molecular flexibility index (Phi) is 6.34. The molecular weight excluding hydrogens is 425 g/mol. The Morgan fingerprint density at radius 3 is 2.30 bits per heavy atom. The number of rotatable bonds is 5. The number of nitrogens with zero attached hydrogens (tertiary/aromatic N) is 1. The first-order chi connectivity index (χ1) is 14.1. The highest BCUT2D eigenvalue weighted by atomic mass is 32.2. The van der Waals surface area contributed by atoms with Gasteiger partial charge in [-0.15, -0.1) is 0 Å². The molecule has 1 saturated heterocycles. The fourth-order valence-electron chi connectivity index (χ4n) is 2.95. The van der Waals surface area contributed by atoms with E-state index < -0.39 is 27.7 Å². The third-order valence-corrected chi connectivity index (χ3v) is 5.43. The highest BCUT2D eigenvalue weighted by Crippen LogP contribution is 2.29. The first kappa shape index (κ1) is 22.1. The number of anilines is 1. The van der Waals surface area contributed by atoms with Gasteiger partial charge in [0, 0.05) is 13.1 Å². The minimum absolute atomic E-state index is 0.00432. The number of halogens is 3. The van der Waals surface area contributed by atoms with E-state index in [1.807, 2.05) is 4.90 Å². The number of carbonyl (C=O) groups excluding carboxylic acids is 1. The largest absolute Gasteiger partial charge is 0.457 e. The van der Waals surface area contributed by atoms with Crippen molar-refractivity contribution in [1.82, 2.24) is 0 Å². The minimum atomic E-state index is -4.46. The topological polar surface area (TPSA) is 98.9 Å². The van der Waals surface area contributed by atoms with E-state index in [4.69, 9.17) is 14.6 Å². The Morgan fingerprint density at radius 1 is 1.10 bits per heavy atom. The number of ether oxygens (including phenoxy) is 2. The fraction of sp³-hybridized carbons (Fsp3) is 0.316. The first-order valence-electron chi connectivity index (χ1n) is 8.88. The van der Waals surface area contributed by atoms with Crippen molar-refractivity contribution in [3.05, 3.63) is 59.2 Å². The number of hydrogen-bond donors (Lipinski definition) is 1. The summed E-state index contributed by atoms with van der Waals surface area (Å²) < 4.78 is 71.8. The summed E-state index contributed by atoms with van der Waals surface area (Å²) in [6.45, 7) is 1.59. The number of morpholine rings is 1. The number of alkyl halides is 3. The molecule has 0 saturated carbocycles. The summed E-state index contributed by atoms with van der Waals surface area (Å²) in [5.41, 5.74) is -0.00152. The van der Waals surface area contributed by atoms with E-state index in [0.717, 1.165) is 18.2 Å². The zero-order valence-corrected chi connectivity index (χ0v) is 16.5. The molecule has 162 valence electrons. The van der Waals surface area contributed by atoms with Crippen molar-refractivity contribution in [3.8, 4) is 0 Å². The average molecular weight is 444 g/mol. The maximum absolute atomic E-state index is 12.7. The highest BCUT2D eigenvalue weighted by Gasteiger charge is 2.30. The Balaban J connectivity index is 1.82. The quantitative estimate of drug-likeness (QED) is 0.712. The number of esters is 1. The third kappa shape index (κ3) is 5.29. The van der Waals surface area contributed by atoms with Crippen LogP contribution in [0.15, 0.2) is 47.4 Å². The number of hydrogen-bond acceptors (Lipinski definition) is 6. The number of sulfonamides is 1. The van der Waals surface area contributed by atoms with Crippen molar-refractivity contribution in [2.24, 2.45) is 5.14 Å². The second-order valence-electron chi connectivity index (χ2n) is 6.59. The van der Waals surface area contributed by atoms with Gasteiger partial charge in [0.1, 0.15) is 6.61 Å². The highest BCUT2D eigenvalue weighted by molar-refractivity contribution is 7.89. The van der Waals surface area contributed by atoms with Gasteiger partial charge in [-0.3, -0.25) is 0 Å². The first-order valence-corrected chi connectivity index (χ1v) is 10.4. The van der Waals surface area contributed by atoms with Crippen LogP contribution >= 0.6 is 0 Å². The summed E-state index contributed by atoms with van der Waals surface area (Å²) in [7, 11) is -4.05. The average Bonchev–Trinajstić information content (AvgIpc) is 2.71. The summed E-state index contributed by atoms with van der Waals surface area (Å²) in [5, 5.41) is 5.16. The smallest absolute Gasteiger partial charge is 0.416 e. The molecular formula is C19H19F3N2O5S. The molecule has 2 N–H and O–H groups in total. The zero-order valence-electron chi connectivity index (χ0n) is 15.7. The molecule has 0 radical (unpaired) electrons. The lowest BCUT2D eigenvalue weighted by molar-refractivity contribution is -0.137. The molecule has 1 aliphatic heterocycles. The summed E-state index contributed by atoms with van der Waals surface area (Å²) in [4.78, 5) is 14.3. The molecule has 1 aliphatic rings. The predicted octanol–water partition coefficient (Wildman–Crippen LogP) is 2.55. The maximum atomic E-state index is 12.7. The van der Waals surface area contributed by atoms with Crippen LogP contribution in [0.25, 0.3) is 0 Å². The standard InChI is InChI=1S/C19H19F3N2O5S/c20-19(21,22)14-3-1-13(2-4-14)12-29-18(25)16-11-15(30(23,26)27)5-6-17(16)24-7-9-28-10-8-24/h1-6,11H,7-10,12H2,(H2,23,26,27). The van der Waals surface area contributed by atoms with Crippen molar-refractivity contribution in [2.75, 3.05) is 31.2 Å². The molecule has 7 nitrogen and oxygen atoms in total. The van der Waals surface area contributed by atoms with Gasteiger partial charge in [-0.1, -0.05) is 12.1 Å². The van der Waals surface area contributed by atoms with Crippen molar-refractivity contribution in [2.45, 2.75) is 17.7 Å². The molecule has 1 fully saturated rings. The van der Waals surface area contributed by atoms with E-state index in [-0.39, 0.29) is 17.1 Å². The molecule has 0 aliphatic carbocycles. The Labute approximate surface area is 171 Å². The normalized spacial score (nSPS) is 15.1. The third-order valence-electron chi connectivity index (χ3n) is 4.52. The summed E-state index contributed by atoms with van der Waals surface area (Å²) >= 11 is 0. The maximum Gasteiger partial charge on any atom is 0.416 e. The van der Waals surface area contributed by atoms with Crippen molar-refractivity contribution in [1.29, 1.82) is 0 Å². The van der Waals surface area contributed by atoms with Gasteiger partial charge in [-0.2, -0.15) is 13.2 Å². The van der Waals surface area contributed by atoms with Crippen molar-refractivity contribution >= 4 is 21.7 Å². The van der Waals surface area contributed by atoms with Gasteiger partial charge in [0.15, 0.2) is 0 Å². The van der Waals surface area contributed by atoms with Crippen LogP contribution in [-0.4, -0.2) is 40.7 Å². The number of carbonyl (C=O) groups is 1. The lowest BCUT2D eigenvalue weighted by atomic mass is 10.1. The van der Waals surface area contributed by atoms with Gasteiger partial charge in [-0.25, -0.2) is 18.4 Å². The second kappa shape index (κ2) is 8.62. The van der Waals surface area contributed by atoms with E-state index in [1.165, 1.54) is 24.3 Å². The number of primary sulfonamides is 1. The van der Waals surface area contributed by atoms with Crippen LogP contribution in [0.1, 0.15) is 21.5 Å². The van der Waals surface area contributed by atoms with E-state index >= 15 is 0 Å². The Bertz CT molecular complexity index is 1020. The summed E-state index contributed by atoms with van der Waals surface area (Å²) in [5.74, 6) is -0.818. The molecule has 1 heterocycles. The molecule has 0 unspecified atom stereocenters. The molecule has 30 heavy (non-hydrogen) atoms. The molecule has 0 atom stereocenters.